The molecule has 0 saturated carbocycles. The maximum atomic E-state index is 9.64. The summed E-state index contributed by atoms with van der Waals surface area (Å²) in [5.74, 6) is -2.15. The van der Waals surface area contributed by atoms with Gasteiger partial charge in [0.2, 0.25) is 0 Å². The summed E-state index contributed by atoms with van der Waals surface area (Å²) in [6.07, 6.45) is -0.593. The minimum atomic E-state index is -4.61. The molecule has 0 aliphatic rings. The lowest BCUT2D eigenvalue weighted by Crippen LogP contribution is -2.00. The fourth-order valence-electron chi connectivity index (χ4n) is 0.214. The molecule has 14 heavy (non-hydrogen) atoms. The lowest BCUT2D eigenvalue weighted by atomic mass is 10.3. The normalized spacial score (nSPS) is 9.86. The van der Waals surface area contributed by atoms with Gasteiger partial charge in [0, 0.05) is 0 Å². The first kappa shape index (κ1) is 15.3. The van der Waals surface area contributed by atoms with Gasteiger partial charge in [0.1, 0.15) is 0 Å². The van der Waals surface area contributed by atoms with E-state index in [1.165, 1.54) is 0 Å². The van der Waals surface area contributed by atoms with Crippen LogP contribution in [0.4, 0.5) is 0 Å². The second-order valence-electron chi connectivity index (χ2n) is 1.79. The Labute approximate surface area is 78.4 Å². The van der Waals surface area contributed by atoms with Crippen molar-refractivity contribution in [1.82, 2.24) is 0 Å². The van der Waals surface area contributed by atoms with Gasteiger partial charge in [-0.2, -0.15) is 8.42 Å². The highest BCUT2D eigenvalue weighted by Gasteiger charge is 2.00. The molecular formula is C4H8O9S. The molecule has 0 aliphatic carbocycles. The summed E-state index contributed by atoms with van der Waals surface area (Å²) in [4.78, 5) is 19.3. The highest BCUT2D eigenvalue weighted by molar-refractivity contribution is 7.80. The van der Waals surface area contributed by atoms with Crippen LogP contribution in [0.3, 0.4) is 0 Å². The molecule has 0 fully saturated rings. The molecule has 0 aromatic carbocycles. The van der Waals surface area contributed by atoms with Gasteiger partial charge in [0.25, 0.3) is 0 Å². The van der Waals surface area contributed by atoms with Crippen LogP contribution in [-0.2, 0) is 24.3 Å². The third-order valence-electron chi connectivity index (χ3n) is 0.647. The van der Waals surface area contributed by atoms with E-state index in [1.807, 2.05) is 0 Å². The Hall–Kier alpha value is -1.23. The molecule has 0 amide bonds. The van der Waals surface area contributed by atoms with Crippen LogP contribution in [0.2, 0.25) is 0 Å². The van der Waals surface area contributed by atoms with E-state index in [9.17, 15) is 9.59 Å². The van der Waals surface area contributed by atoms with Gasteiger partial charge in [-0.05, 0) is 0 Å². The molecule has 0 rings (SSSR count). The monoisotopic (exact) mass is 232 g/mol. The van der Waals surface area contributed by atoms with Gasteiger partial charge in [0.15, 0.2) is 0 Å². The van der Waals surface area contributed by atoms with E-state index >= 15 is 0 Å². The Bertz CT molecular complexity index is 263. The lowest BCUT2D eigenvalue weighted by Gasteiger charge is -1.85. The van der Waals surface area contributed by atoms with Crippen molar-refractivity contribution in [2.24, 2.45) is 0 Å². The van der Waals surface area contributed by atoms with Crippen LogP contribution in [0.15, 0.2) is 0 Å². The second-order valence-corrected chi connectivity index (χ2v) is 2.79. The summed E-state index contributed by atoms with van der Waals surface area (Å²) in [6.45, 7) is 0. The van der Waals surface area contributed by atoms with E-state index < -0.39 is 22.3 Å². The fourth-order valence-corrected chi connectivity index (χ4v) is 0.214. The van der Waals surface area contributed by atoms with E-state index in [0.717, 1.165) is 0 Å². The highest BCUT2D eigenvalue weighted by atomic mass is 32.3. The number of hydrogen-bond donors (Lipinski definition) is 4. The lowest BCUT2D eigenvalue weighted by molar-refractivity contribution is -0.143. The molecule has 0 saturated heterocycles. The number of hydrogen-bond acceptors (Lipinski definition) is 6. The number of carbonyl (C=O) groups is 2. The molecule has 0 bridgehead atoms. The third kappa shape index (κ3) is 22.4. The van der Waals surface area contributed by atoms with Gasteiger partial charge in [0.05, 0.1) is 12.8 Å². The van der Waals surface area contributed by atoms with Crippen molar-refractivity contribution in [2.75, 3.05) is 0 Å². The van der Waals surface area contributed by atoms with Gasteiger partial charge in [-0.25, -0.2) is 5.26 Å². The number of rotatable bonds is 4. The summed E-state index contributed by atoms with van der Waals surface area (Å²) in [6, 6.07) is 0. The zero-order chi connectivity index (χ0) is 11.8. The molecule has 0 atom stereocenters. The summed E-state index contributed by atoms with van der Waals surface area (Å²) >= 11 is 0. The SMILES string of the molecule is O=C(O)CCC(=O)O.O=S(=O)(O)OO. The zero-order valence-electron chi connectivity index (χ0n) is 6.65. The van der Waals surface area contributed by atoms with Crippen molar-refractivity contribution in [3.8, 4) is 0 Å². The average molecular weight is 232 g/mol. The number of carboxylic acid groups (broad SMARTS) is 2. The Morgan fingerprint density at radius 2 is 1.29 bits per heavy atom. The van der Waals surface area contributed by atoms with Gasteiger partial charge in [-0.1, -0.05) is 4.33 Å². The van der Waals surface area contributed by atoms with Gasteiger partial charge >= 0.3 is 22.3 Å². The molecule has 0 radical (unpaired) electrons. The molecule has 0 aromatic rings. The molecule has 0 heterocycles. The molecule has 9 nitrogen and oxygen atoms in total. The standard InChI is InChI=1S/C4H6O4.H2O5S/c5-3(6)1-2-4(7)8;1-5-6(2,3)4/h1-2H2,(H,5,6)(H,7,8);1H,(H,2,3,4). The Kier molecular flexibility index (Phi) is 7.84. The molecule has 0 spiro atoms. The number of aliphatic carboxylic acids is 2. The van der Waals surface area contributed by atoms with Crippen molar-refractivity contribution in [3.05, 3.63) is 0 Å². The highest BCUT2D eigenvalue weighted by Crippen LogP contribution is 1.86. The second kappa shape index (κ2) is 7.20. The van der Waals surface area contributed by atoms with Crippen LogP contribution < -0.4 is 0 Å². The first-order valence-corrected chi connectivity index (χ1v) is 4.29. The van der Waals surface area contributed by atoms with Crippen molar-refractivity contribution in [2.45, 2.75) is 12.8 Å². The zero-order valence-corrected chi connectivity index (χ0v) is 7.47. The van der Waals surface area contributed by atoms with Crippen molar-refractivity contribution in [1.29, 1.82) is 0 Å². The van der Waals surface area contributed by atoms with Crippen LogP contribution >= 0.6 is 0 Å². The van der Waals surface area contributed by atoms with Crippen molar-refractivity contribution >= 4 is 22.3 Å². The molecule has 84 valence electrons. The molecule has 10 heteroatoms. The Morgan fingerprint density at radius 3 is 1.36 bits per heavy atom. The van der Waals surface area contributed by atoms with E-state index in [2.05, 4.69) is 4.33 Å². The first-order valence-electron chi connectivity index (χ1n) is 2.93. The minimum Gasteiger partial charge on any atom is -0.481 e. The summed E-state index contributed by atoms with van der Waals surface area (Å²) in [7, 11) is -4.61. The van der Waals surface area contributed by atoms with E-state index in [-0.39, 0.29) is 12.8 Å². The van der Waals surface area contributed by atoms with E-state index in [4.69, 9.17) is 28.4 Å². The van der Waals surface area contributed by atoms with Crippen LogP contribution in [0.5, 0.6) is 0 Å². The fraction of sp³-hybridized carbons (Fsp3) is 0.500. The van der Waals surface area contributed by atoms with Crippen LogP contribution in [0, 0.1) is 0 Å². The molecule has 0 aliphatic heterocycles. The predicted molar refractivity (Wildman–Crippen MR) is 39.8 cm³/mol. The maximum Gasteiger partial charge on any atom is 0.423 e. The third-order valence-corrected chi connectivity index (χ3v) is 0.835. The average Bonchev–Trinajstić information content (AvgIpc) is 2.01. The largest absolute Gasteiger partial charge is 0.481 e. The van der Waals surface area contributed by atoms with Crippen molar-refractivity contribution in [3.63, 3.8) is 0 Å². The summed E-state index contributed by atoms with van der Waals surface area (Å²) in [5.41, 5.74) is 0. The van der Waals surface area contributed by atoms with E-state index in [1.54, 1.807) is 0 Å². The smallest absolute Gasteiger partial charge is 0.423 e. The van der Waals surface area contributed by atoms with Gasteiger partial charge in [-0.3, -0.25) is 14.1 Å². The van der Waals surface area contributed by atoms with Gasteiger partial charge in [-0.15, -0.1) is 0 Å². The van der Waals surface area contributed by atoms with Crippen LogP contribution in [0.1, 0.15) is 12.8 Å². The summed E-state index contributed by atoms with van der Waals surface area (Å²) in [5, 5.41) is 22.9. The molecule has 0 aromatic heterocycles. The number of carboxylic acids is 2. The Balaban J connectivity index is 0. The topological polar surface area (TPSA) is 158 Å². The van der Waals surface area contributed by atoms with E-state index in [0.29, 0.717) is 0 Å². The quantitative estimate of drug-likeness (QED) is 0.277. The minimum absolute atomic E-state index is 0.296. The van der Waals surface area contributed by atoms with Gasteiger partial charge < -0.3 is 10.2 Å². The maximum absolute atomic E-state index is 9.64. The molecule has 0 unspecified atom stereocenters. The van der Waals surface area contributed by atoms with Crippen molar-refractivity contribution < 1.29 is 42.4 Å². The van der Waals surface area contributed by atoms with Crippen LogP contribution in [0.25, 0.3) is 0 Å². The first-order chi connectivity index (χ1) is 6.19. The van der Waals surface area contributed by atoms with Crippen LogP contribution in [-0.4, -0.2) is 40.4 Å². The summed E-state index contributed by atoms with van der Waals surface area (Å²) < 4.78 is 28.0. The Morgan fingerprint density at radius 1 is 1.07 bits per heavy atom. The predicted octanol–water partition coefficient (Wildman–Crippen LogP) is -0.785. The molecule has 4 N–H and O–H groups in total. The molecular weight excluding hydrogens is 224 g/mol.